The zero-order valence-corrected chi connectivity index (χ0v) is 16.9. The standard InChI is InChI=1S/C24H20N2O3S/c27-23(22-14-19-10-4-5-12-21(19)29-22)26-24(30)25-20-11-6-9-18(13-20)16-28-15-17-7-2-1-3-8-17/h1-14H,15-16H2,(H2,25,26,27,30). The SMILES string of the molecule is O=C(NC(=S)Nc1cccc(COCc2ccccc2)c1)c1cc2ccccc2o1. The minimum Gasteiger partial charge on any atom is -0.451 e. The minimum atomic E-state index is -0.397. The van der Waals surface area contributed by atoms with Crippen LogP contribution in [0, 0.1) is 0 Å². The van der Waals surface area contributed by atoms with Crippen molar-refractivity contribution in [3.63, 3.8) is 0 Å². The summed E-state index contributed by atoms with van der Waals surface area (Å²) in [6, 6.07) is 26.9. The van der Waals surface area contributed by atoms with Crippen LogP contribution in [0.4, 0.5) is 5.69 Å². The molecule has 0 aliphatic heterocycles. The Balaban J connectivity index is 1.31. The third kappa shape index (κ3) is 5.11. The average molecular weight is 417 g/mol. The van der Waals surface area contributed by atoms with Crippen LogP contribution in [-0.2, 0) is 18.0 Å². The van der Waals surface area contributed by atoms with Crippen LogP contribution in [0.25, 0.3) is 11.0 Å². The van der Waals surface area contributed by atoms with Crippen LogP contribution >= 0.6 is 12.2 Å². The Morgan fingerprint density at radius 2 is 1.60 bits per heavy atom. The second-order valence-electron chi connectivity index (χ2n) is 6.74. The first kappa shape index (κ1) is 19.8. The van der Waals surface area contributed by atoms with E-state index in [0.717, 1.165) is 22.2 Å². The highest BCUT2D eigenvalue weighted by molar-refractivity contribution is 7.80. The second-order valence-corrected chi connectivity index (χ2v) is 7.14. The van der Waals surface area contributed by atoms with Gasteiger partial charge in [-0.3, -0.25) is 10.1 Å². The minimum absolute atomic E-state index is 0.197. The largest absolute Gasteiger partial charge is 0.451 e. The van der Waals surface area contributed by atoms with E-state index in [-0.39, 0.29) is 10.9 Å². The Morgan fingerprint density at radius 3 is 2.43 bits per heavy atom. The highest BCUT2D eigenvalue weighted by atomic mass is 32.1. The summed E-state index contributed by atoms with van der Waals surface area (Å²) in [6.45, 7) is 1.02. The van der Waals surface area contributed by atoms with Gasteiger partial charge in [-0.15, -0.1) is 0 Å². The predicted octanol–water partition coefficient (Wildman–Crippen LogP) is 5.28. The molecule has 0 atom stereocenters. The van der Waals surface area contributed by atoms with Gasteiger partial charge < -0.3 is 14.5 Å². The second kappa shape index (κ2) is 9.35. The molecule has 0 radical (unpaired) electrons. The Hall–Kier alpha value is -3.48. The Labute approximate surface area is 179 Å². The molecule has 0 bridgehead atoms. The molecule has 0 aliphatic carbocycles. The van der Waals surface area contributed by atoms with E-state index < -0.39 is 5.91 Å². The molecular formula is C24H20N2O3S. The maximum atomic E-state index is 12.4. The molecular weight excluding hydrogens is 396 g/mol. The van der Waals surface area contributed by atoms with E-state index in [1.54, 1.807) is 6.07 Å². The summed E-state index contributed by atoms with van der Waals surface area (Å²) < 4.78 is 11.3. The molecule has 4 rings (SSSR count). The van der Waals surface area contributed by atoms with Crippen molar-refractivity contribution in [2.45, 2.75) is 13.2 Å². The highest BCUT2D eigenvalue weighted by Gasteiger charge is 2.13. The Kier molecular flexibility index (Phi) is 6.17. The normalized spacial score (nSPS) is 10.7. The van der Waals surface area contributed by atoms with Crippen molar-refractivity contribution < 1.29 is 13.9 Å². The maximum Gasteiger partial charge on any atom is 0.293 e. The maximum absolute atomic E-state index is 12.4. The molecule has 0 spiro atoms. The lowest BCUT2D eigenvalue weighted by molar-refractivity contribution is 0.0953. The van der Waals surface area contributed by atoms with Crippen LogP contribution in [0.15, 0.2) is 89.3 Å². The van der Waals surface area contributed by atoms with Crippen molar-refractivity contribution in [2.75, 3.05) is 5.32 Å². The summed E-state index contributed by atoms with van der Waals surface area (Å²) in [5, 5.41) is 6.74. The zero-order chi connectivity index (χ0) is 20.8. The molecule has 0 fully saturated rings. The fraction of sp³-hybridized carbons (Fsp3) is 0.0833. The van der Waals surface area contributed by atoms with Crippen molar-refractivity contribution in [3.05, 3.63) is 102 Å². The number of furan rings is 1. The molecule has 2 N–H and O–H groups in total. The number of nitrogens with one attached hydrogen (secondary N) is 2. The van der Waals surface area contributed by atoms with Gasteiger partial charge in [0.05, 0.1) is 13.2 Å². The van der Waals surface area contributed by atoms with Crippen LogP contribution < -0.4 is 10.6 Å². The molecule has 4 aromatic rings. The van der Waals surface area contributed by atoms with E-state index in [0.29, 0.717) is 18.8 Å². The number of anilines is 1. The summed E-state index contributed by atoms with van der Waals surface area (Å²) in [5.41, 5.74) is 3.55. The number of thiocarbonyl (C=S) groups is 1. The first-order valence-electron chi connectivity index (χ1n) is 9.49. The van der Waals surface area contributed by atoms with E-state index in [4.69, 9.17) is 21.4 Å². The molecule has 6 heteroatoms. The predicted molar refractivity (Wildman–Crippen MR) is 121 cm³/mol. The lowest BCUT2D eigenvalue weighted by atomic mass is 10.2. The summed E-state index contributed by atoms with van der Waals surface area (Å²) in [4.78, 5) is 12.4. The van der Waals surface area contributed by atoms with Crippen LogP contribution in [0.5, 0.6) is 0 Å². The highest BCUT2D eigenvalue weighted by Crippen LogP contribution is 2.19. The third-order valence-corrected chi connectivity index (χ3v) is 4.65. The Bertz CT molecular complexity index is 1140. The zero-order valence-electron chi connectivity index (χ0n) is 16.1. The van der Waals surface area contributed by atoms with Gasteiger partial charge in [0.2, 0.25) is 0 Å². The van der Waals surface area contributed by atoms with Gasteiger partial charge >= 0.3 is 0 Å². The summed E-state index contributed by atoms with van der Waals surface area (Å²) in [7, 11) is 0. The Morgan fingerprint density at radius 1 is 0.867 bits per heavy atom. The molecule has 1 aromatic heterocycles. The number of carbonyl (C=O) groups is 1. The third-order valence-electron chi connectivity index (χ3n) is 4.44. The molecule has 1 amide bonds. The van der Waals surface area contributed by atoms with Crippen molar-refractivity contribution in [3.8, 4) is 0 Å². The van der Waals surface area contributed by atoms with E-state index in [1.165, 1.54) is 0 Å². The molecule has 0 saturated carbocycles. The number of ether oxygens (including phenoxy) is 1. The molecule has 0 saturated heterocycles. The van der Waals surface area contributed by atoms with Crippen molar-refractivity contribution >= 4 is 39.9 Å². The summed E-state index contributed by atoms with van der Waals surface area (Å²) >= 11 is 5.27. The topological polar surface area (TPSA) is 63.5 Å². The number of para-hydroxylation sites is 1. The van der Waals surface area contributed by atoms with Gasteiger partial charge in [0.1, 0.15) is 5.58 Å². The lowest BCUT2D eigenvalue weighted by Crippen LogP contribution is -2.33. The number of hydrogen-bond donors (Lipinski definition) is 2. The van der Waals surface area contributed by atoms with E-state index >= 15 is 0 Å². The number of rotatable bonds is 6. The van der Waals surface area contributed by atoms with E-state index in [9.17, 15) is 4.79 Å². The van der Waals surface area contributed by atoms with Gasteiger partial charge in [-0.1, -0.05) is 60.7 Å². The van der Waals surface area contributed by atoms with E-state index in [2.05, 4.69) is 10.6 Å². The number of amides is 1. The lowest BCUT2D eigenvalue weighted by Gasteiger charge is -2.10. The number of carbonyl (C=O) groups excluding carboxylic acids is 1. The molecule has 1 heterocycles. The first-order chi connectivity index (χ1) is 14.7. The molecule has 30 heavy (non-hydrogen) atoms. The number of fused-ring (bicyclic) bond motifs is 1. The molecule has 5 nitrogen and oxygen atoms in total. The fourth-order valence-corrected chi connectivity index (χ4v) is 3.23. The smallest absolute Gasteiger partial charge is 0.293 e. The number of hydrogen-bond acceptors (Lipinski definition) is 4. The average Bonchev–Trinajstić information content (AvgIpc) is 3.19. The quantitative estimate of drug-likeness (QED) is 0.419. The van der Waals surface area contributed by atoms with Crippen molar-refractivity contribution in [1.29, 1.82) is 0 Å². The van der Waals surface area contributed by atoms with Crippen LogP contribution in [0.2, 0.25) is 0 Å². The van der Waals surface area contributed by atoms with Gasteiger partial charge in [0.15, 0.2) is 10.9 Å². The molecule has 3 aromatic carbocycles. The van der Waals surface area contributed by atoms with Gasteiger partial charge in [0, 0.05) is 11.1 Å². The monoisotopic (exact) mass is 416 g/mol. The van der Waals surface area contributed by atoms with Gasteiger partial charge in [0.25, 0.3) is 5.91 Å². The van der Waals surface area contributed by atoms with Gasteiger partial charge in [-0.05, 0) is 47.6 Å². The van der Waals surface area contributed by atoms with Crippen molar-refractivity contribution in [2.24, 2.45) is 0 Å². The van der Waals surface area contributed by atoms with Crippen molar-refractivity contribution in [1.82, 2.24) is 5.32 Å². The van der Waals surface area contributed by atoms with Crippen LogP contribution in [-0.4, -0.2) is 11.0 Å². The van der Waals surface area contributed by atoms with Gasteiger partial charge in [-0.25, -0.2) is 0 Å². The van der Waals surface area contributed by atoms with Crippen LogP contribution in [0.3, 0.4) is 0 Å². The van der Waals surface area contributed by atoms with E-state index in [1.807, 2.05) is 78.9 Å². The summed E-state index contributed by atoms with van der Waals surface area (Å²) in [5.74, 6) is -0.186. The first-order valence-corrected chi connectivity index (χ1v) is 9.90. The summed E-state index contributed by atoms with van der Waals surface area (Å²) in [6.07, 6.45) is 0. The van der Waals surface area contributed by atoms with Gasteiger partial charge in [-0.2, -0.15) is 0 Å². The molecule has 0 aliphatic rings. The molecule has 150 valence electrons. The molecule has 0 unspecified atom stereocenters. The fourth-order valence-electron chi connectivity index (χ4n) is 3.02. The van der Waals surface area contributed by atoms with Crippen LogP contribution in [0.1, 0.15) is 21.7 Å². The number of benzene rings is 3.